The summed E-state index contributed by atoms with van der Waals surface area (Å²) in [6, 6.07) is 2.41. The van der Waals surface area contributed by atoms with Gasteiger partial charge in [0, 0.05) is 5.75 Å². The molecular weight excluding hydrogens is 362 g/mol. The first-order chi connectivity index (χ1) is 9.99. The van der Waals surface area contributed by atoms with E-state index in [1.54, 1.807) is 12.1 Å². The predicted octanol–water partition coefficient (Wildman–Crippen LogP) is 2.07. The SMILES string of the molecule is COc1cc(Br)c(OC)c(C(=O)N2CSCC2C(=O)O)c1. The Morgan fingerprint density at radius 1 is 1.38 bits per heavy atom. The van der Waals surface area contributed by atoms with Gasteiger partial charge in [0.2, 0.25) is 0 Å². The van der Waals surface area contributed by atoms with Crippen molar-refractivity contribution in [1.82, 2.24) is 4.90 Å². The number of hydrogen-bond acceptors (Lipinski definition) is 5. The van der Waals surface area contributed by atoms with Crippen LogP contribution in [0, 0.1) is 0 Å². The molecule has 1 aromatic rings. The van der Waals surface area contributed by atoms with Crippen molar-refractivity contribution in [2.45, 2.75) is 6.04 Å². The normalized spacial score (nSPS) is 17.7. The molecule has 2 rings (SSSR count). The van der Waals surface area contributed by atoms with Crippen molar-refractivity contribution in [3.63, 3.8) is 0 Å². The molecule has 0 aliphatic carbocycles. The van der Waals surface area contributed by atoms with Gasteiger partial charge in [-0.2, -0.15) is 0 Å². The molecule has 1 aliphatic rings. The molecule has 1 atom stereocenters. The summed E-state index contributed by atoms with van der Waals surface area (Å²) in [4.78, 5) is 25.2. The summed E-state index contributed by atoms with van der Waals surface area (Å²) in [5, 5.41) is 9.19. The van der Waals surface area contributed by atoms with E-state index < -0.39 is 12.0 Å². The van der Waals surface area contributed by atoms with E-state index in [9.17, 15) is 14.7 Å². The third-order valence-electron chi connectivity index (χ3n) is 3.12. The lowest BCUT2D eigenvalue weighted by Gasteiger charge is -2.22. The van der Waals surface area contributed by atoms with Crippen LogP contribution in [-0.2, 0) is 4.79 Å². The number of thioether (sulfide) groups is 1. The number of benzene rings is 1. The van der Waals surface area contributed by atoms with Gasteiger partial charge in [-0.15, -0.1) is 11.8 Å². The molecule has 0 radical (unpaired) electrons. The highest BCUT2D eigenvalue weighted by molar-refractivity contribution is 9.10. The molecule has 6 nitrogen and oxygen atoms in total. The lowest BCUT2D eigenvalue weighted by atomic mass is 10.1. The van der Waals surface area contributed by atoms with Crippen LogP contribution in [0.2, 0.25) is 0 Å². The molecule has 0 bridgehead atoms. The minimum absolute atomic E-state index is 0.275. The molecule has 1 saturated heterocycles. The predicted molar refractivity (Wildman–Crippen MR) is 82.2 cm³/mol. The molecule has 0 aromatic heterocycles. The number of carbonyl (C=O) groups is 2. The van der Waals surface area contributed by atoms with E-state index in [2.05, 4.69) is 15.9 Å². The van der Waals surface area contributed by atoms with Crippen molar-refractivity contribution < 1.29 is 24.2 Å². The van der Waals surface area contributed by atoms with Crippen molar-refractivity contribution in [2.24, 2.45) is 0 Å². The third kappa shape index (κ3) is 3.11. The van der Waals surface area contributed by atoms with Crippen LogP contribution in [-0.4, -0.2) is 53.8 Å². The molecular formula is C13H14BrNO5S. The molecule has 0 saturated carbocycles. The zero-order valence-electron chi connectivity index (χ0n) is 11.5. The van der Waals surface area contributed by atoms with Crippen molar-refractivity contribution in [3.05, 3.63) is 22.2 Å². The van der Waals surface area contributed by atoms with E-state index in [0.717, 1.165) is 0 Å². The lowest BCUT2D eigenvalue weighted by molar-refractivity contribution is -0.140. The molecule has 1 aliphatic heterocycles. The fraction of sp³-hybridized carbons (Fsp3) is 0.385. The van der Waals surface area contributed by atoms with Gasteiger partial charge in [-0.3, -0.25) is 4.79 Å². The number of nitrogens with zero attached hydrogens (tertiary/aromatic N) is 1. The maximum atomic E-state index is 12.7. The maximum absolute atomic E-state index is 12.7. The van der Waals surface area contributed by atoms with Gasteiger partial charge >= 0.3 is 5.97 Å². The highest BCUT2D eigenvalue weighted by atomic mass is 79.9. The van der Waals surface area contributed by atoms with Gasteiger partial charge in [0.05, 0.1) is 30.1 Å². The van der Waals surface area contributed by atoms with E-state index in [1.165, 1.54) is 30.9 Å². The number of methoxy groups -OCH3 is 2. The largest absolute Gasteiger partial charge is 0.497 e. The molecule has 1 N–H and O–H groups in total. The average molecular weight is 376 g/mol. The first-order valence-corrected chi connectivity index (χ1v) is 7.97. The summed E-state index contributed by atoms with van der Waals surface area (Å²) >= 11 is 4.73. The van der Waals surface area contributed by atoms with E-state index in [1.807, 2.05) is 0 Å². The summed E-state index contributed by atoms with van der Waals surface area (Å²) in [6.07, 6.45) is 0. The van der Waals surface area contributed by atoms with E-state index >= 15 is 0 Å². The average Bonchev–Trinajstić information content (AvgIpc) is 2.95. The molecule has 8 heteroatoms. The maximum Gasteiger partial charge on any atom is 0.327 e. The van der Waals surface area contributed by atoms with Gasteiger partial charge in [0.15, 0.2) is 0 Å². The van der Waals surface area contributed by atoms with Crippen LogP contribution in [0.5, 0.6) is 11.5 Å². The fourth-order valence-corrected chi connectivity index (χ4v) is 3.80. The Labute approximate surface area is 134 Å². The topological polar surface area (TPSA) is 76.1 Å². The summed E-state index contributed by atoms with van der Waals surface area (Å²) in [6.45, 7) is 0. The molecule has 1 unspecified atom stereocenters. The van der Waals surface area contributed by atoms with Crippen LogP contribution < -0.4 is 9.47 Å². The van der Waals surface area contributed by atoms with E-state index in [4.69, 9.17) is 9.47 Å². The smallest absolute Gasteiger partial charge is 0.327 e. The molecule has 114 valence electrons. The Hall–Kier alpha value is -1.41. The van der Waals surface area contributed by atoms with Gasteiger partial charge in [0.25, 0.3) is 5.91 Å². The first-order valence-electron chi connectivity index (χ1n) is 6.02. The summed E-state index contributed by atoms with van der Waals surface area (Å²) < 4.78 is 11.0. The highest BCUT2D eigenvalue weighted by Gasteiger charge is 2.36. The minimum Gasteiger partial charge on any atom is -0.497 e. The molecule has 1 aromatic carbocycles. The van der Waals surface area contributed by atoms with Gasteiger partial charge in [-0.25, -0.2) is 4.79 Å². The van der Waals surface area contributed by atoms with Gasteiger partial charge < -0.3 is 19.5 Å². The zero-order valence-corrected chi connectivity index (χ0v) is 13.9. The van der Waals surface area contributed by atoms with Crippen molar-refractivity contribution >= 4 is 39.6 Å². The number of ether oxygens (including phenoxy) is 2. The van der Waals surface area contributed by atoms with Crippen LogP contribution in [0.1, 0.15) is 10.4 Å². The van der Waals surface area contributed by atoms with Crippen LogP contribution in [0.25, 0.3) is 0 Å². The minimum atomic E-state index is -1.01. The Balaban J connectivity index is 2.42. The highest BCUT2D eigenvalue weighted by Crippen LogP contribution is 2.35. The van der Waals surface area contributed by atoms with Crippen LogP contribution in [0.3, 0.4) is 0 Å². The summed E-state index contributed by atoms with van der Waals surface area (Å²) in [5.41, 5.74) is 0.275. The second-order valence-electron chi connectivity index (χ2n) is 4.32. The second kappa shape index (κ2) is 6.57. The Kier molecular flexibility index (Phi) is 5.00. The van der Waals surface area contributed by atoms with Crippen molar-refractivity contribution in [2.75, 3.05) is 25.8 Å². The zero-order chi connectivity index (χ0) is 15.6. The monoisotopic (exact) mass is 375 g/mol. The van der Waals surface area contributed by atoms with E-state index in [0.29, 0.717) is 27.6 Å². The van der Waals surface area contributed by atoms with Crippen molar-refractivity contribution in [3.8, 4) is 11.5 Å². The number of carboxylic acid groups (broad SMARTS) is 1. The molecule has 1 amide bonds. The summed E-state index contributed by atoms with van der Waals surface area (Å²) in [5.74, 6) is 0.187. The van der Waals surface area contributed by atoms with Gasteiger partial charge in [-0.1, -0.05) is 0 Å². The number of carbonyl (C=O) groups excluding carboxylic acids is 1. The number of aliphatic carboxylic acids is 1. The Morgan fingerprint density at radius 3 is 2.67 bits per heavy atom. The van der Waals surface area contributed by atoms with Crippen LogP contribution in [0.4, 0.5) is 0 Å². The first kappa shape index (κ1) is 16.0. The number of hydrogen-bond donors (Lipinski definition) is 1. The van der Waals surface area contributed by atoms with E-state index in [-0.39, 0.29) is 11.5 Å². The quantitative estimate of drug-likeness (QED) is 0.867. The Morgan fingerprint density at radius 2 is 2.10 bits per heavy atom. The molecule has 21 heavy (non-hydrogen) atoms. The molecule has 1 fully saturated rings. The summed E-state index contributed by atoms with van der Waals surface area (Å²) in [7, 11) is 2.95. The second-order valence-corrected chi connectivity index (χ2v) is 6.17. The van der Waals surface area contributed by atoms with Gasteiger partial charge in [-0.05, 0) is 28.1 Å². The third-order valence-corrected chi connectivity index (χ3v) is 4.72. The van der Waals surface area contributed by atoms with Gasteiger partial charge in [0.1, 0.15) is 17.5 Å². The number of carboxylic acids is 1. The van der Waals surface area contributed by atoms with Crippen LogP contribution in [0.15, 0.2) is 16.6 Å². The number of amides is 1. The molecule has 1 heterocycles. The Bertz CT molecular complexity index is 580. The lowest BCUT2D eigenvalue weighted by Crippen LogP contribution is -2.41. The number of rotatable bonds is 4. The fourth-order valence-electron chi connectivity index (χ4n) is 2.05. The van der Waals surface area contributed by atoms with Crippen molar-refractivity contribution in [1.29, 1.82) is 0 Å². The number of halogens is 1. The van der Waals surface area contributed by atoms with Crippen LogP contribution >= 0.6 is 27.7 Å². The standard InChI is InChI=1S/C13H14BrNO5S/c1-19-7-3-8(11(20-2)9(14)4-7)12(16)15-6-21-5-10(15)13(17)18/h3-4,10H,5-6H2,1-2H3,(H,17,18). The molecule has 0 spiro atoms.